The van der Waals surface area contributed by atoms with Crippen molar-refractivity contribution in [1.82, 2.24) is 15.5 Å². The topological polar surface area (TPSA) is 77.2 Å². The van der Waals surface area contributed by atoms with Crippen molar-refractivity contribution in [3.63, 3.8) is 0 Å². The standard InChI is InChI=1S/C20H27N3O3/c1-14(2)11-20(8-5-9-20)13-21-19(24)16-6-4-7-17(10-16)25-12-18-22-15(3)26-23-18/h4,6-7,10,14H,5,8-9,11-13H2,1-3H3,(H,21,24). The molecule has 0 spiro atoms. The third-order valence-corrected chi connectivity index (χ3v) is 4.91. The van der Waals surface area contributed by atoms with Crippen molar-refractivity contribution in [2.75, 3.05) is 6.54 Å². The number of rotatable bonds is 8. The third-order valence-electron chi connectivity index (χ3n) is 4.91. The second-order valence-corrected chi connectivity index (χ2v) is 7.68. The molecule has 6 heteroatoms. The van der Waals surface area contributed by atoms with E-state index in [0.717, 1.165) is 6.54 Å². The minimum Gasteiger partial charge on any atom is -0.485 e. The average Bonchev–Trinajstić information content (AvgIpc) is 3.00. The zero-order valence-corrected chi connectivity index (χ0v) is 15.7. The van der Waals surface area contributed by atoms with Gasteiger partial charge in [0.2, 0.25) is 11.7 Å². The lowest BCUT2D eigenvalue weighted by atomic mass is 9.64. The monoisotopic (exact) mass is 357 g/mol. The molecule has 1 N–H and O–H groups in total. The fourth-order valence-electron chi connectivity index (χ4n) is 3.64. The van der Waals surface area contributed by atoms with Crippen molar-refractivity contribution in [3.05, 3.63) is 41.5 Å². The molecule has 1 aromatic carbocycles. The highest BCUT2D eigenvalue weighted by Gasteiger charge is 2.37. The molecule has 1 aliphatic rings. The molecule has 0 bridgehead atoms. The largest absolute Gasteiger partial charge is 0.485 e. The van der Waals surface area contributed by atoms with Crippen molar-refractivity contribution in [2.24, 2.45) is 11.3 Å². The number of aryl methyl sites for hydroxylation is 1. The first-order chi connectivity index (χ1) is 12.5. The number of carbonyl (C=O) groups is 1. The van der Waals surface area contributed by atoms with E-state index in [1.807, 2.05) is 12.1 Å². The molecule has 140 valence electrons. The number of hydrogen-bond donors (Lipinski definition) is 1. The second-order valence-electron chi connectivity index (χ2n) is 7.68. The molecular weight excluding hydrogens is 330 g/mol. The number of amides is 1. The lowest BCUT2D eigenvalue weighted by Gasteiger charge is -2.43. The van der Waals surface area contributed by atoms with Crippen LogP contribution in [0.4, 0.5) is 0 Å². The number of nitrogens with one attached hydrogen (secondary N) is 1. The third kappa shape index (κ3) is 4.62. The molecule has 1 fully saturated rings. The van der Waals surface area contributed by atoms with E-state index >= 15 is 0 Å². The van der Waals surface area contributed by atoms with E-state index < -0.39 is 0 Å². The molecule has 6 nitrogen and oxygen atoms in total. The fraction of sp³-hybridized carbons (Fsp3) is 0.550. The van der Waals surface area contributed by atoms with Gasteiger partial charge < -0.3 is 14.6 Å². The fourth-order valence-corrected chi connectivity index (χ4v) is 3.64. The Morgan fingerprint density at radius 1 is 1.38 bits per heavy atom. The molecule has 2 aromatic rings. The Morgan fingerprint density at radius 3 is 2.81 bits per heavy atom. The average molecular weight is 357 g/mol. The van der Waals surface area contributed by atoms with Crippen molar-refractivity contribution in [1.29, 1.82) is 0 Å². The van der Waals surface area contributed by atoms with E-state index in [1.165, 1.54) is 25.7 Å². The van der Waals surface area contributed by atoms with E-state index in [-0.39, 0.29) is 17.9 Å². The summed E-state index contributed by atoms with van der Waals surface area (Å²) in [6.07, 6.45) is 4.85. The van der Waals surface area contributed by atoms with Crippen LogP contribution in [0, 0.1) is 18.3 Å². The van der Waals surface area contributed by atoms with E-state index in [0.29, 0.717) is 28.9 Å². The number of benzene rings is 1. The van der Waals surface area contributed by atoms with Gasteiger partial charge in [0.15, 0.2) is 6.61 Å². The van der Waals surface area contributed by atoms with Crippen LogP contribution < -0.4 is 10.1 Å². The van der Waals surface area contributed by atoms with Crippen molar-refractivity contribution in [2.45, 2.75) is 53.1 Å². The van der Waals surface area contributed by atoms with Gasteiger partial charge >= 0.3 is 0 Å². The quantitative estimate of drug-likeness (QED) is 0.775. The summed E-state index contributed by atoms with van der Waals surface area (Å²) in [6, 6.07) is 7.18. The van der Waals surface area contributed by atoms with Crippen molar-refractivity contribution in [3.8, 4) is 5.75 Å². The zero-order valence-electron chi connectivity index (χ0n) is 15.7. The molecule has 0 unspecified atom stereocenters. The Hall–Kier alpha value is -2.37. The summed E-state index contributed by atoms with van der Waals surface area (Å²) in [4.78, 5) is 16.6. The maximum Gasteiger partial charge on any atom is 0.251 e. The van der Waals surface area contributed by atoms with Crippen LogP contribution in [0.25, 0.3) is 0 Å². The molecule has 0 radical (unpaired) electrons. The Morgan fingerprint density at radius 2 is 2.19 bits per heavy atom. The number of carbonyl (C=O) groups excluding carboxylic acids is 1. The van der Waals surface area contributed by atoms with E-state index in [9.17, 15) is 4.79 Å². The summed E-state index contributed by atoms with van der Waals surface area (Å²) in [5.74, 6) is 2.19. The Labute approximate surface area is 154 Å². The summed E-state index contributed by atoms with van der Waals surface area (Å²) in [7, 11) is 0. The van der Waals surface area contributed by atoms with Gasteiger partial charge in [0, 0.05) is 19.0 Å². The van der Waals surface area contributed by atoms with Gasteiger partial charge in [-0.15, -0.1) is 0 Å². The van der Waals surface area contributed by atoms with Crippen LogP contribution in [0.15, 0.2) is 28.8 Å². The Kier molecular flexibility index (Phi) is 5.59. The first-order valence-electron chi connectivity index (χ1n) is 9.26. The van der Waals surface area contributed by atoms with E-state index in [1.54, 1.807) is 19.1 Å². The van der Waals surface area contributed by atoms with Crippen LogP contribution in [0.1, 0.15) is 61.6 Å². The predicted molar refractivity (Wildman–Crippen MR) is 97.9 cm³/mol. The molecule has 26 heavy (non-hydrogen) atoms. The molecular formula is C20H27N3O3. The molecule has 0 aliphatic heterocycles. The zero-order chi connectivity index (χ0) is 18.6. The van der Waals surface area contributed by atoms with Crippen LogP contribution in [0.3, 0.4) is 0 Å². The molecule has 1 heterocycles. The lowest BCUT2D eigenvalue weighted by Crippen LogP contribution is -2.43. The van der Waals surface area contributed by atoms with Gasteiger partial charge in [-0.3, -0.25) is 4.79 Å². The van der Waals surface area contributed by atoms with Crippen molar-refractivity contribution >= 4 is 5.91 Å². The second kappa shape index (κ2) is 7.89. The van der Waals surface area contributed by atoms with Gasteiger partial charge in [-0.25, -0.2) is 0 Å². The summed E-state index contributed by atoms with van der Waals surface area (Å²) in [5.41, 5.74) is 0.889. The van der Waals surface area contributed by atoms with Crippen LogP contribution in [0.2, 0.25) is 0 Å². The summed E-state index contributed by atoms with van der Waals surface area (Å²) >= 11 is 0. The van der Waals surface area contributed by atoms with E-state index in [4.69, 9.17) is 9.26 Å². The number of nitrogens with zero attached hydrogens (tertiary/aromatic N) is 2. The Bertz CT molecular complexity index is 750. The first kappa shape index (κ1) is 18.4. The highest BCUT2D eigenvalue weighted by molar-refractivity contribution is 5.94. The van der Waals surface area contributed by atoms with Gasteiger partial charge in [-0.1, -0.05) is 31.5 Å². The van der Waals surface area contributed by atoms with Gasteiger partial charge in [0.1, 0.15) is 5.75 Å². The summed E-state index contributed by atoms with van der Waals surface area (Å²) < 4.78 is 10.6. The van der Waals surface area contributed by atoms with E-state index in [2.05, 4.69) is 29.3 Å². The Balaban J connectivity index is 1.55. The van der Waals surface area contributed by atoms with Crippen LogP contribution in [-0.4, -0.2) is 22.6 Å². The minimum absolute atomic E-state index is 0.0547. The number of hydrogen-bond acceptors (Lipinski definition) is 5. The predicted octanol–water partition coefficient (Wildman–Crippen LogP) is 3.90. The molecule has 3 rings (SSSR count). The van der Waals surface area contributed by atoms with Crippen LogP contribution in [-0.2, 0) is 6.61 Å². The normalized spacial score (nSPS) is 15.5. The molecule has 1 aromatic heterocycles. The van der Waals surface area contributed by atoms with Gasteiger partial charge in [-0.2, -0.15) is 4.98 Å². The number of ether oxygens (including phenoxy) is 1. The molecule has 1 amide bonds. The van der Waals surface area contributed by atoms with Crippen molar-refractivity contribution < 1.29 is 14.1 Å². The highest BCUT2D eigenvalue weighted by Crippen LogP contribution is 2.45. The molecule has 1 saturated carbocycles. The molecule has 0 atom stereocenters. The number of aromatic nitrogens is 2. The van der Waals surface area contributed by atoms with Crippen LogP contribution in [0.5, 0.6) is 5.75 Å². The van der Waals surface area contributed by atoms with Gasteiger partial charge in [-0.05, 0) is 48.8 Å². The van der Waals surface area contributed by atoms with Gasteiger partial charge in [0.25, 0.3) is 5.91 Å². The summed E-state index contributed by atoms with van der Waals surface area (Å²) in [5, 5.41) is 6.91. The highest BCUT2D eigenvalue weighted by atomic mass is 16.5. The lowest BCUT2D eigenvalue weighted by molar-refractivity contribution is 0.0780. The first-order valence-corrected chi connectivity index (χ1v) is 9.26. The summed E-state index contributed by atoms with van der Waals surface area (Å²) in [6.45, 7) is 7.18. The smallest absolute Gasteiger partial charge is 0.251 e. The van der Waals surface area contributed by atoms with Crippen LogP contribution >= 0.6 is 0 Å². The maximum atomic E-state index is 12.5. The molecule has 1 aliphatic carbocycles. The maximum absolute atomic E-state index is 12.5. The minimum atomic E-state index is -0.0547. The molecule has 0 saturated heterocycles. The van der Waals surface area contributed by atoms with Gasteiger partial charge in [0.05, 0.1) is 0 Å². The SMILES string of the molecule is Cc1nc(COc2cccc(C(=O)NCC3(CC(C)C)CCC3)c2)no1.